The molecule has 34 heavy (non-hydrogen) atoms. The second kappa shape index (κ2) is 11.2. The first-order valence-electron chi connectivity index (χ1n) is 11.3. The van der Waals surface area contributed by atoms with Crippen molar-refractivity contribution >= 4 is 23.1 Å². The molecule has 0 saturated carbocycles. The molecule has 0 bridgehead atoms. The molecule has 0 aliphatic carbocycles. The molecule has 11 heteroatoms. The number of rotatable bonds is 11. The Morgan fingerprint density at radius 2 is 1.94 bits per heavy atom. The first-order chi connectivity index (χ1) is 16.5. The number of nitrogens with zero attached hydrogens (tertiary/aromatic N) is 5. The molecular weight excluding hydrogens is 440 g/mol. The first kappa shape index (κ1) is 23.9. The maximum absolute atomic E-state index is 11.4. The third kappa shape index (κ3) is 5.79. The lowest BCUT2D eigenvalue weighted by Crippen LogP contribution is -2.21. The molecule has 2 aromatic heterocycles. The van der Waals surface area contributed by atoms with Crippen LogP contribution in [0, 0.1) is 0 Å². The number of imidazole rings is 1. The topological polar surface area (TPSA) is 138 Å². The van der Waals surface area contributed by atoms with E-state index in [-0.39, 0.29) is 19.0 Å². The van der Waals surface area contributed by atoms with E-state index in [1.165, 1.54) is 24.7 Å². The normalized spacial score (nSPS) is 15.1. The largest absolute Gasteiger partial charge is 0.506 e. The van der Waals surface area contributed by atoms with E-state index in [2.05, 4.69) is 32.0 Å². The van der Waals surface area contributed by atoms with Gasteiger partial charge in [0, 0.05) is 13.7 Å². The van der Waals surface area contributed by atoms with Crippen LogP contribution in [-0.4, -0.2) is 75.7 Å². The van der Waals surface area contributed by atoms with Crippen LogP contribution in [0.4, 0.5) is 10.6 Å². The number of aromatic nitrogens is 4. The van der Waals surface area contributed by atoms with Crippen LogP contribution in [0.15, 0.2) is 30.6 Å². The maximum Gasteiger partial charge on any atom is 0.506 e. The van der Waals surface area contributed by atoms with E-state index in [1.54, 1.807) is 7.11 Å². The smallest absolute Gasteiger partial charge is 0.450 e. The van der Waals surface area contributed by atoms with Gasteiger partial charge in [0.05, 0.1) is 26.4 Å². The van der Waals surface area contributed by atoms with Gasteiger partial charge in [-0.15, -0.1) is 0 Å². The minimum atomic E-state index is -1.43. The van der Waals surface area contributed by atoms with Gasteiger partial charge in [0.15, 0.2) is 28.9 Å². The van der Waals surface area contributed by atoms with Crippen molar-refractivity contribution in [3.63, 3.8) is 0 Å². The summed E-state index contributed by atoms with van der Waals surface area (Å²) in [5.74, 6) is 0.564. The Labute approximate surface area is 197 Å². The highest BCUT2D eigenvalue weighted by Gasteiger charge is 2.26. The number of likely N-dealkylation sites (tertiary alicyclic amines) is 1. The molecule has 11 nitrogen and oxygen atoms in total. The Morgan fingerprint density at radius 3 is 2.68 bits per heavy atom. The Bertz CT molecular complexity index is 1110. The molecule has 3 aromatic rings. The van der Waals surface area contributed by atoms with E-state index >= 15 is 0 Å². The summed E-state index contributed by atoms with van der Waals surface area (Å²) < 4.78 is 17.5. The van der Waals surface area contributed by atoms with Crippen LogP contribution in [0.25, 0.3) is 11.2 Å². The molecule has 1 aromatic carbocycles. The highest BCUT2D eigenvalue weighted by molar-refractivity contribution is 5.82. The second-order valence-electron chi connectivity index (χ2n) is 8.23. The van der Waals surface area contributed by atoms with E-state index in [4.69, 9.17) is 19.9 Å². The Kier molecular flexibility index (Phi) is 7.88. The van der Waals surface area contributed by atoms with Gasteiger partial charge in [-0.25, -0.2) is 19.7 Å². The highest BCUT2D eigenvalue weighted by atomic mass is 16.7. The lowest BCUT2D eigenvalue weighted by molar-refractivity contribution is -0.0183. The number of benzene rings is 1. The van der Waals surface area contributed by atoms with E-state index in [0.717, 1.165) is 25.2 Å². The average Bonchev–Trinajstić information content (AvgIpc) is 3.45. The number of carboxylic acid groups (broad SMARTS) is 1. The zero-order valence-electron chi connectivity index (χ0n) is 19.2. The third-order valence-corrected chi connectivity index (χ3v) is 5.76. The monoisotopic (exact) mass is 470 g/mol. The highest BCUT2D eigenvalue weighted by Crippen LogP contribution is 2.26. The van der Waals surface area contributed by atoms with Crippen LogP contribution in [0.2, 0.25) is 0 Å². The number of nitrogen functional groups attached to an aromatic ring is 1. The standard InChI is InChI=1S/C23H30N6O5/c1-32-9-10-33-14-18(34-23(30)31)21-27-19-20(24)25-15-26-22(19)29(21)13-17-6-4-5-16(11-17)12-28-7-2-3-8-28/h4-6,11,15,18H,2-3,7-10,12-14H2,1H3,(H,30,31)(H2,24,25,26). The molecule has 1 saturated heterocycles. The Hall–Kier alpha value is -3.28. The van der Waals surface area contributed by atoms with Gasteiger partial charge in [-0.3, -0.25) is 4.90 Å². The molecule has 3 heterocycles. The number of nitrogens with two attached hydrogens (primary N) is 1. The minimum Gasteiger partial charge on any atom is -0.450 e. The fourth-order valence-electron chi connectivity index (χ4n) is 4.20. The molecular formula is C23H30N6O5. The van der Waals surface area contributed by atoms with Crippen molar-refractivity contribution in [1.82, 2.24) is 24.4 Å². The zero-order chi connectivity index (χ0) is 23.9. The lowest BCUT2D eigenvalue weighted by atomic mass is 10.1. The molecule has 1 fully saturated rings. The summed E-state index contributed by atoms with van der Waals surface area (Å²) in [5, 5.41) is 9.33. The van der Waals surface area contributed by atoms with E-state index in [9.17, 15) is 9.90 Å². The predicted molar refractivity (Wildman–Crippen MR) is 124 cm³/mol. The second-order valence-corrected chi connectivity index (χ2v) is 8.23. The molecule has 182 valence electrons. The van der Waals surface area contributed by atoms with Crippen molar-refractivity contribution in [2.45, 2.75) is 32.0 Å². The summed E-state index contributed by atoms with van der Waals surface area (Å²) in [6, 6.07) is 8.33. The van der Waals surface area contributed by atoms with E-state index < -0.39 is 12.3 Å². The number of hydrogen-bond donors (Lipinski definition) is 2. The van der Waals surface area contributed by atoms with Gasteiger partial charge in [0.25, 0.3) is 0 Å². The fourth-order valence-corrected chi connectivity index (χ4v) is 4.20. The number of carbonyl (C=O) groups is 1. The van der Waals surface area contributed by atoms with E-state index in [0.29, 0.717) is 30.1 Å². The fraction of sp³-hybridized carbons (Fsp3) is 0.478. The van der Waals surface area contributed by atoms with Gasteiger partial charge < -0.3 is 29.6 Å². The number of ether oxygens (including phenoxy) is 3. The summed E-state index contributed by atoms with van der Waals surface area (Å²) in [4.78, 5) is 26.9. The molecule has 0 amide bonds. The molecule has 0 radical (unpaired) electrons. The zero-order valence-corrected chi connectivity index (χ0v) is 19.2. The average molecular weight is 471 g/mol. The SMILES string of the molecule is COCCOCC(OC(=O)O)c1nc2c(N)ncnc2n1Cc1cccc(CN2CCCC2)c1. The minimum absolute atomic E-state index is 0.0265. The summed E-state index contributed by atoms with van der Waals surface area (Å²) in [6.45, 7) is 4.19. The van der Waals surface area contributed by atoms with Crippen molar-refractivity contribution in [2.75, 3.05) is 45.8 Å². The van der Waals surface area contributed by atoms with Gasteiger partial charge >= 0.3 is 6.16 Å². The van der Waals surface area contributed by atoms with Crippen molar-refractivity contribution in [3.8, 4) is 0 Å². The first-order valence-corrected chi connectivity index (χ1v) is 11.3. The molecule has 1 unspecified atom stereocenters. The van der Waals surface area contributed by atoms with Crippen LogP contribution in [0.1, 0.15) is 35.9 Å². The molecule has 4 rings (SSSR count). The number of fused-ring (bicyclic) bond motifs is 1. The van der Waals surface area contributed by atoms with Crippen LogP contribution < -0.4 is 5.73 Å². The number of anilines is 1. The van der Waals surface area contributed by atoms with Gasteiger partial charge in [-0.2, -0.15) is 0 Å². The van der Waals surface area contributed by atoms with Crippen LogP contribution in [-0.2, 0) is 27.3 Å². The van der Waals surface area contributed by atoms with Crippen molar-refractivity contribution in [3.05, 3.63) is 47.5 Å². The van der Waals surface area contributed by atoms with Crippen LogP contribution >= 0.6 is 0 Å². The summed E-state index contributed by atoms with van der Waals surface area (Å²) >= 11 is 0. The Balaban J connectivity index is 1.66. The molecule has 1 aliphatic heterocycles. The third-order valence-electron chi connectivity index (χ3n) is 5.76. The number of methoxy groups -OCH3 is 1. The number of hydrogen-bond acceptors (Lipinski definition) is 9. The summed E-state index contributed by atoms with van der Waals surface area (Å²) in [6.07, 6.45) is 1.44. The van der Waals surface area contributed by atoms with Gasteiger partial charge in [0.1, 0.15) is 6.33 Å². The quantitative estimate of drug-likeness (QED) is 0.317. The van der Waals surface area contributed by atoms with Crippen molar-refractivity contribution in [2.24, 2.45) is 0 Å². The van der Waals surface area contributed by atoms with Gasteiger partial charge in [0.2, 0.25) is 0 Å². The summed E-state index contributed by atoms with van der Waals surface area (Å²) in [5.41, 5.74) is 9.20. The van der Waals surface area contributed by atoms with Gasteiger partial charge in [-0.05, 0) is 37.1 Å². The molecule has 3 N–H and O–H groups in total. The van der Waals surface area contributed by atoms with Crippen molar-refractivity contribution in [1.29, 1.82) is 0 Å². The lowest BCUT2D eigenvalue weighted by Gasteiger charge is -2.18. The van der Waals surface area contributed by atoms with E-state index in [1.807, 2.05) is 16.7 Å². The van der Waals surface area contributed by atoms with Crippen molar-refractivity contribution < 1.29 is 24.1 Å². The van der Waals surface area contributed by atoms with Crippen LogP contribution in [0.5, 0.6) is 0 Å². The molecule has 0 spiro atoms. The molecule has 1 atom stereocenters. The predicted octanol–water partition coefficient (Wildman–Crippen LogP) is 2.45. The van der Waals surface area contributed by atoms with Gasteiger partial charge in [-0.1, -0.05) is 24.3 Å². The van der Waals surface area contributed by atoms with Crippen LogP contribution in [0.3, 0.4) is 0 Å². The summed E-state index contributed by atoms with van der Waals surface area (Å²) in [7, 11) is 1.56. The maximum atomic E-state index is 11.4. The molecule has 1 aliphatic rings. The Morgan fingerprint density at radius 1 is 1.18 bits per heavy atom.